The molecule has 0 spiro atoms. The predicted molar refractivity (Wildman–Crippen MR) is 80.7 cm³/mol. The fraction of sp³-hybridized carbons (Fsp3) is 0.647. The van der Waals surface area contributed by atoms with E-state index in [1.807, 2.05) is 0 Å². The van der Waals surface area contributed by atoms with Gasteiger partial charge in [0.2, 0.25) is 0 Å². The minimum Gasteiger partial charge on any atom is -0.489 e. The molecule has 1 aromatic rings. The van der Waals surface area contributed by atoms with Gasteiger partial charge in [-0.15, -0.1) is 0 Å². The van der Waals surface area contributed by atoms with Crippen LogP contribution in [-0.4, -0.2) is 19.2 Å². The van der Waals surface area contributed by atoms with Gasteiger partial charge in [0.1, 0.15) is 11.9 Å². The third-order valence-electron chi connectivity index (χ3n) is 4.28. The average molecular weight is 261 g/mol. The molecule has 0 aliphatic heterocycles. The van der Waals surface area contributed by atoms with Crippen LogP contribution < -0.4 is 10.1 Å². The van der Waals surface area contributed by atoms with Gasteiger partial charge >= 0.3 is 0 Å². The summed E-state index contributed by atoms with van der Waals surface area (Å²) in [5.41, 5.74) is 1.28. The van der Waals surface area contributed by atoms with E-state index in [0.29, 0.717) is 12.1 Å². The van der Waals surface area contributed by atoms with E-state index >= 15 is 0 Å². The molecular weight excluding hydrogens is 234 g/mol. The molecule has 1 N–H and O–H groups in total. The van der Waals surface area contributed by atoms with Gasteiger partial charge in [0.25, 0.3) is 0 Å². The van der Waals surface area contributed by atoms with E-state index in [0.717, 1.165) is 11.7 Å². The van der Waals surface area contributed by atoms with Crippen molar-refractivity contribution in [2.45, 2.75) is 58.1 Å². The highest BCUT2D eigenvalue weighted by molar-refractivity contribution is 5.26. The Morgan fingerprint density at radius 1 is 1.21 bits per heavy atom. The zero-order valence-corrected chi connectivity index (χ0v) is 12.5. The number of hydrogen-bond acceptors (Lipinski definition) is 2. The first kappa shape index (κ1) is 14.4. The number of nitrogens with one attached hydrogen (secondary N) is 1. The topological polar surface area (TPSA) is 21.3 Å². The van der Waals surface area contributed by atoms with Crippen molar-refractivity contribution in [1.29, 1.82) is 0 Å². The smallest absolute Gasteiger partial charge is 0.119 e. The molecule has 3 atom stereocenters. The quantitative estimate of drug-likeness (QED) is 0.867. The number of benzene rings is 1. The molecule has 2 heteroatoms. The van der Waals surface area contributed by atoms with Crippen molar-refractivity contribution < 1.29 is 4.74 Å². The molecule has 1 aliphatic carbocycles. The molecule has 19 heavy (non-hydrogen) atoms. The van der Waals surface area contributed by atoms with Gasteiger partial charge in [-0.25, -0.2) is 0 Å². The lowest BCUT2D eigenvalue weighted by atomic mass is 9.81. The second-order valence-electron chi connectivity index (χ2n) is 5.83. The highest BCUT2D eigenvalue weighted by atomic mass is 16.5. The van der Waals surface area contributed by atoms with Gasteiger partial charge in [-0.3, -0.25) is 0 Å². The molecule has 1 fully saturated rings. The zero-order chi connectivity index (χ0) is 13.7. The Morgan fingerprint density at radius 3 is 2.58 bits per heavy atom. The van der Waals surface area contributed by atoms with Crippen molar-refractivity contribution in [2.75, 3.05) is 7.05 Å². The summed E-state index contributed by atoms with van der Waals surface area (Å²) in [5.74, 6) is 1.85. The van der Waals surface area contributed by atoms with Gasteiger partial charge in [0.15, 0.2) is 0 Å². The first-order chi connectivity index (χ1) is 9.22. The number of hydrogen-bond donors (Lipinski definition) is 1. The van der Waals surface area contributed by atoms with Crippen LogP contribution in [0.2, 0.25) is 0 Å². The Balaban J connectivity index is 1.99. The molecule has 0 saturated heterocycles. The summed E-state index contributed by atoms with van der Waals surface area (Å²) in [7, 11) is 2.05. The summed E-state index contributed by atoms with van der Waals surface area (Å²) < 4.78 is 6.23. The van der Waals surface area contributed by atoms with Crippen molar-refractivity contribution >= 4 is 0 Å². The summed E-state index contributed by atoms with van der Waals surface area (Å²) >= 11 is 0. The van der Waals surface area contributed by atoms with Gasteiger partial charge in [-0.2, -0.15) is 0 Å². The van der Waals surface area contributed by atoms with E-state index in [4.69, 9.17) is 4.74 Å². The second-order valence-corrected chi connectivity index (χ2v) is 5.83. The highest BCUT2D eigenvalue weighted by Gasteiger charge is 2.30. The minimum absolute atomic E-state index is 0.318. The summed E-state index contributed by atoms with van der Waals surface area (Å²) in [6.45, 7) is 4.39. The maximum absolute atomic E-state index is 6.23. The lowest BCUT2D eigenvalue weighted by Crippen LogP contribution is -2.45. The first-order valence-corrected chi connectivity index (χ1v) is 7.63. The first-order valence-electron chi connectivity index (χ1n) is 7.63. The van der Waals surface area contributed by atoms with Gasteiger partial charge in [-0.1, -0.05) is 37.5 Å². The Labute approximate surface area is 117 Å². The lowest BCUT2D eigenvalue weighted by molar-refractivity contribution is 0.0866. The molecule has 1 aromatic carbocycles. The van der Waals surface area contributed by atoms with Crippen molar-refractivity contribution in [2.24, 2.45) is 5.92 Å². The molecule has 0 radical (unpaired) electrons. The molecule has 2 rings (SSSR count). The van der Waals surface area contributed by atoms with Gasteiger partial charge < -0.3 is 10.1 Å². The van der Waals surface area contributed by atoms with Crippen molar-refractivity contribution in [1.82, 2.24) is 5.32 Å². The number of likely N-dealkylation sites (N-methyl/N-ethyl adjacent to an activating group) is 1. The molecular formula is C17H27NO. The van der Waals surface area contributed by atoms with Crippen molar-refractivity contribution in [3.05, 3.63) is 29.8 Å². The Hall–Kier alpha value is -1.02. The monoisotopic (exact) mass is 261 g/mol. The van der Waals surface area contributed by atoms with Crippen LogP contribution in [0.5, 0.6) is 5.75 Å². The molecule has 3 unspecified atom stereocenters. The van der Waals surface area contributed by atoms with E-state index in [9.17, 15) is 0 Å². The molecule has 1 aliphatic rings. The summed E-state index contributed by atoms with van der Waals surface area (Å²) in [6.07, 6.45) is 6.70. The highest BCUT2D eigenvalue weighted by Crippen LogP contribution is 2.30. The normalized spacial score (nSPS) is 27.2. The molecule has 0 aromatic heterocycles. The van der Waals surface area contributed by atoms with Crippen LogP contribution in [0.1, 0.15) is 44.6 Å². The zero-order valence-electron chi connectivity index (χ0n) is 12.5. The van der Waals surface area contributed by atoms with Crippen LogP contribution in [0.3, 0.4) is 0 Å². The fourth-order valence-electron chi connectivity index (χ4n) is 3.13. The van der Waals surface area contributed by atoms with E-state index in [1.54, 1.807) is 0 Å². The molecule has 2 nitrogen and oxygen atoms in total. The number of rotatable bonds is 5. The van der Waals surface area contributed by atoms with Crippen LogP contribution in [-0.2, 0) is 0 Å². The third kappa shape index (κ3) is 3.97. The number of ether oxygens (including phenoxy) is 1. The lowest BCUT2D eigenvalue weighted by Gasteiger charge is -2.36. The standard InChI is InChI=1S/C17H27NO/c1-4-5-14-8-11-16(18-3)17(12-14)19-15-9-6-13(2)7-10-15/h6-7,9-10,14,16-18H,4-5,8,11-12H2,1-3H3. The number of aryl methyl sites for hydroxylation is 1. The van der Waals surface area contributed by atoms with Crippen molar-refractivity contribution in [3.8, 4) is 5.75 Å². The van der Waals surface area contributed by atoms with Crippen LogP contribution >= 0.6 is 0 Å². The molecule has 1 saturated carbocycles. The van der Waals surface area contributed by atoms with Crippen molar-refractivity contribution in [3.63, 3.8) is 0 Å². The van der Waals surface area contributed by atoms with E-state index < -0.39 is 0 Å². The van der Waals surface area contributed by atoms with Gasteiger partial charge in [-0.05, 0) is 51.3 Å². The Morgan fingerprint density at radius 2 is 1.95 bits per heavy atom. The van der Waals surface area contributed by atoms with E-state index in [1.165, 1.54) is 37.7 Å². The average Bonchev–Trinajstić information content (AvgIpc) is 2.42. The largest absolute Gasteiger partial charge is 0.489 e. The SMILES string of the molecule is CCCC1CCC(NC)C(Oc2ccc(C)cc2)C1. The fourth-order valence-corrected chi connectivity index (χ4v) is 3.13. The third-order valence-corrected chi connectivity index (χ3v) is 4.28. The molecule has 0 bridgehead atoms. The van der Waals surface area contributed by atoms with Crippen LogP contribution in [0.25, 0.3) is 0 Å². The van der Waals surface area contributed by atoms with Crippen LogP contribution in [0.4, 0.5) is 0 Å². The van der Waals surface area contributed by atoms with E-state index in [-0.39, 0.29) is 0 Å². The summed E-state index contributed by atoms with van der Waals surface area (Å²) in [4.78, 5) is 0. The summed E-state index contributed by atoms with van der Waals surface area (Å²) in [5, 5.41) is 3.42. The van der Waals surface area contributed by atoms with E-state index in [2.05, 4.69) is 50.5 Å². The maximum atomic E-state index is 6.23. The van der Waals surface area contributed by atoms with Crippen LogP contribution in [0.15, 0.2) is 24.3 Å². The molecule has 106 valence electrons. The Kier molecular flexibility index (Phi) is 5.26. The predicted octanol–water partition coefficient (Wildman–Crippen LogP) is 3.93. The molecule has 0 heterocycles. The summed E-state index contributed by atoms with van der Waals surface area (Å²) in [6, 6.07) is 8.91. The van der Waals surface area contributed by atoms with Gasteiger partial charge in [0, 0.05) is 6.04 Å². The van der Waals surface area contributed by atoms with Gasteiger partial charge in [0.05, 0.1) is 0 Å². The maximum Gasteiger partial charge on any atom is 0.119 e. The minimum atomic E-state index is 0.318. The Bertz CT molecular complexity index is 373. The molecule has 0 amide bonds. The van der Waals surface area contributed by atoms with Crippen LogP contribution in [0, 0.1) is 12.8 Å². The second kappa shape index (κ2) is 6.95.